The first kappa shape index (κ1) is 19.2. The van der Waals surface area contributed by atoms with Gasteiger partial charge in [0.05, 0.1) is 18.2 Å². The van der Waals surface area contributed by atoms with Crippen molar-refractivity contribution >= 4 is 23.1 Å². The van der Waals surface area contributed by atoms with E-state index in [1.54, 1.807) is 19.2 Å². The van der Waals surface area contributed by atoms with Crippen LogP contribution in [0.5, 0.6) is 17.2 Å². The molecule has 1 saturated heterocycles. The highest BCUT2D eigenvalue weighted by atomic mass is 16.5. The Kier molecular flexibility index (Phi) is 5.04. The van der Waals surface area contributed by atoms with Crippen LogP contribution in [0.15, 0.2) is 71.7 Å². The third kappa shape index (κ3) is 3.72. The van der Waals surface area contributed by atoms with Crippen molar-refractivity contribution in [3.05, 3.63) is 77.9 Å². The zero-order valence-corrected chi connectivity index (χ0v) is 17.3. The van der Waals surface area contributed by atoms with E-state index in [0.717, 1.165) is 54.5 Å². The zero-order valence-electron chi connectivity index (χ0n) is 17.3. The van der Waals surface area contributed by atoms with Crippen LogP contribution < -0.4 is 14.8 Å². The van der Waals surface area contributed by atoms with Crippen molar-refractivity contribution < 1.29 is 14.3 Å². The number of ether oxygens (including phenoxy) is 2. The van der Waals surface area contributed by atoms with Gasteiger partial charge in [-0.25, -0.2) is 4.99 Å². The molecule has 31 heavy (non-hydrogen) atoms. The van der Waals surface area contributed by atoms with Gasteiger partial charge in [0, 0.05) is 18.8 Å². The van der Waals surface area contributed by atoms with Gasteiger partial charge in [-0.3, -0.25) is 4.79 Å². The maximum atomic E-state index is 12.9. The predicted octanol–water partition coefficient (Wildman–Crippen LogP) is 5.23. The molecule has 3 aromatic carbocycles. The van der Waals surface area contributed by atoms with Crippen molar-refractivity contribution in [3.8, 4) is 17.2 Å². The van der Waals surface area contributed by atoms with E-state index in [0.29, 0.717) is 17.0 Å². The molecule has 1 N–H and O–H groups in total. The number of likely N-dealkylation sites (tertiary alicyclic amines) is 1. The molecule has 3 aromatic rings. The van der Waals surface area contributed by atoms with Gasteiger partial charge in [-0.2, -0.15) is 0 Å². The minimum Gasteiger partial charge on any atom is -0.496 e. The van der Waals surface area contributed by atoms with Crippen molar-refractivity contribution in [2.24, 2.45) is 4.99 Å². The van der Waals surface area contributed by atoms with Crippen LogP contribution in [0.25, 0.3) is 0 Å². The molecule has 0 unspecified atom stereocenters. The number of aliphatic imine (C=N–C) groups is 1. The summed E-state index contributed by atoms with van der Waals surface area (Å²) in [5.74, 6) is 2.64. The van der Waals surface area contributed by atoms with Gasteiger partial charge in [0.1, 0.15) is 23.0 Å². The van der Waals surface area contributed by atoms with Gasteiger partial charge < -0.3 is 19.7 Å². The van der Waals surface area contributed by atoms with Gasteiger partial charge in [-0.1, -0.05) is 24.3 Å². The number of nitrogens with one attached hydrogen (secondary N) is 1. The fraction of sp³-hybridized carbons (Fsp3) is 0.200. The maximum absolute atomic E-state index is 12.9. The van der Waals surface area contributed by atoms with Crippen molar-refractivity contribution in [3.63, 3.8) is 0 Å². The molecular weight excluding hydrogens is 390 g/mol. The largest absolute Gasteiger partial charge is 0.496 e. The van der Waals surface area contributed by atoms with Crippen LogP contribution in [-0.4, -0.2) is 36.8 Å². The lowest BCUT2D eigenvalue weighted by atomic mass is 10.1. The Bertz CT molecular complexity index is 1170. The number of para-hydroxylation sites is 3. The lowest BCUT2D eigenvalue weighted by molar-refractivity contribution is 0.102. The van der Waals surface area contributed by atoms with E-state index in [2.05, 4.69) is 10.2 Å². The van der Waals surface area contributed by atoms with Crippen LogP contribution in [0.3, 0.4) is 0 Å². The lowest BCUT2D eigenvalue weighted by Gasteiger charge is -2.21. The molecule has 6 heteroatoms. The Morgan fingerprint density at radius 3 is 2.61 bits per heavy atom. The van der Waals surface area contributed by atoms with Crippen LogP contribution >= 0.6 is 0 Å². The Hall–Kier alpha value is -3.80. The Balaban J connectivity index is 1.52. The van der Waals surface area contributed by atoms with Gasteiger partial charge in [-0.05, 0) is 55.3 Å². The van der Waals surface area contributed by atoms with Gasteiger partial charge in [0.2, 0.25) is 0 Å². The molecule has 0 radical (unpaired) electrons. The van der Waals surface area contributed by atoms with Crippen LogP contribution in [0.1, 0.15) is 28.8 Å². The summed E-state index contributed by atoms with van der Waals surface area (Å²) in [5.41, 5.74) is 2.84. The molecule has 0 atom stereocenters. The molecule has 6 nitrogen and oxygen atoms in total. The Morgan fingerprint density at radius 2 is 1.77 bits per heavy atom. The molecule has 2 heterocycles. The standard InChI is InChI=1S/C25H23N3O3/c1-30-21-10-4-2-8-18(21)25(29)26-17-12-13-22-19(16-17)24(28-14-6-7-15-28)27-20-9-3-5-11-23(20)31-22/h2-5,8-13,16H,6-7,14-15H2,1H3,(H,26,29). The van der Waals surface area contributed by atoms with Crippen molar-refractivity contribution in [2.75, 3.05) is 25.5 Å². The SMILES string of the molecule is COc1ccccc1C(=O)Nc1ccc2c(c1)C(N1CCCC1)=Nc1ccccc1O2. The summed E-state index contributed by atoms with van der Waals surface area (Å²) >= 11 is 0. The minimum absolute atomic E-state index is 0.227. The van der Waals surface area contributed by atoms with E-state index in [1.807, 2.05) is 54.6 Å². The van der Waals surface area contributed by atoms with Crippen molar-refractivity contribution in [2.45, 2.75) is 12.8 Å². The molecule has 1 amide bonds. The van der Waals surface area contributed by atoms with E-state index in [4.69, 9.17) is 14.5 Å². The number of hydrogen-bond donors (Lipinski definition) is 1. The average Bonchev–Trinajstić information content (AvgIpc) is 3.28. The second-order valence-corrected chi connectivity index (χ2v) is 7.56. The summed E-state index contributed by atoms with van der Waals surface area (Å²) in [6.07, 6.45) is 2.28. The average molecular weight is 413 g/mol. The predicted molar refractivity (Wildman–Crippen MR) is 121 cm³/mol. The first-order valence-electron chi connectivity index (χ1n) is 10.4. The number of benzene rings is 3. The number of rotatable bonds is 3. The highest BCUT2D eigenvalue weighted by Gasteiger charge is 2.25. The van der Waals surface area contributed by atoms with E-state index >= 15 is 0 Å². The highest BCUT2D eigenvalue weighted by Crippen LogP contribution is 2.39. The number of amides is 1. The molecule has 1 fully saturated rings. The molecule has 0 saturated carbocycles. The molecular formula is C25H23N3O3. The number of fused-ring (bicyclic) bond motifs is 2. The van der Waals surface area contributed by atoms with E-state index < -0.39 is 0 Å². The first-order chi connectivity index (χ1) is 15.2. The lowest BCUT2D eigenvalue weighted by Crippen LogP contribution is -2.28. The van der Waals surface area contributed by atoms with E-state index in [-0.39, 0.29) is 5.91 Å². The quantitative estimate of drug-likeness (QED) is 0.639. The highest BCUT2D eigenvalue weighted by molar-refractivity contribution is 6.08. The number of amidine groups is 1. The van der Waals surface area contributed by atoms with E-state index in [1.165, 1.54) is 0 Å². The molecule has 0 aliphatic carbocycles. The maximum Gasteiger partial charge on any atom is 0.259 e. The number of carbonyl (C=O) groups is 1. The second kappa shape index (κ2) is 8.14. The van der Waals surface area contributed by atoms with Gasteiger partial charge in [-0.15, -0.1) is 0 Å². The third-order valence-electron chi connectivity index (χ3n) is 5.55. The summed E-state index contributed by atoms with van der Waals surface area (Å²) in [7, 11) is 1.56. The molecule has 5 rings (SSSR count). The van der Waals surface area contributed by atoms with Crippen LogP contribution in [0.2, 0.25) is 0 Å². The number of anilines is 1. The van der Waals surface area contributed by atoms with Crippen LogP contribution in [-0.2, 0) is 0 Å². The Morgan fingerprint density at radius 1 is 1.00 bits per heavy atom. The summed E-state index contributed by atoms with van der Waals surface area (Å²) in [5, 5.41) is 2.99. The number of hydrogen-bond acceptors (Lipinski definition) is 5. The normalized spacial score (nSPS) is 14.6. The summed E-state index contributed by atoms with van der Waals surface area (Å²) in [4.78, 5) is 20.1. The summed E-state index contributed by atoms with van der Waals surface area (Å²) in [6, 6.07) is 20.6. The van der Waals surface area contributed by atoms with Crippen LogP contribution in [0, 0.1) is 0 Å². The molecule has 2 aliphatic heterocycles. The third-order valence-corrected chi connectivity index (χ3v) is 5.55. The molecule has 0 bridgehead atoms. The fourth-order valence-corrected chi connectivity index (χ4v) is 4.00. The molecule has 2 aliphatic rings. The number of nitrogens with zero attached hydrogens (tertiary/aromatic N) is 2. The van der Waals surface area contributed by atoms with Crippen molar-refractivity contribution in [1.29, 1.82) is 0 Å². The van der Waals surface area contributed by atoms with Gasteiger partial charge in [0.15, 0.2) is 5.75 Å². The molecule has 0 aromatic heterocycles. The summed E-state index contributed by atoms with van der Waals surface area (Å²) in [6.45, 7) is 1.91. The minimum atomic E-state index is -0.227. The smallest absolute Gasteiger partial charge is 0.259 e. The monoisotopic (exact) mass is 413 g/mol. The molecule has 156 valence electrons. The zero-order chi connectivity index (χ0) is 21.2. The summed E-state index contributed by atoms with van der Waals surface area (Å²) < 4.78 is 11.5. The Labute approximate surface area is 181 Å². The topological polar surface area (TPSA) is 63.2 Å². The van der Waals surface area contributed by atoms with Crippen LogP contribution in [0.4, 0.5) is 11.4 Å². The van der Waals surface area contributed by atoms with E-state index in [9.17, 15) is 4.79 Å². The number of carbonyl (C=O) groups excluding carboxylic acids is 1. The van der Waals surface area contributed by atoms with Gasteiger partial charge >= 0.3 is 0 Å². The molecule has 0 spiro atoms. The second-order valence-electron chi connectivity index (χ2n) is 7.56. The van der Waals surface area contributed by atoms with Gasteiger partial charge in [0.25, 0.3) is 5.91 Å². The fourth-order valence-electron chi connectivity index (χ4n) is 4.00. The van der Waals surface area contributed by atoms with Crippen molar-refractivity contribution in [1.82, 2.24) is 4.90 Å². The first-order valence-corrected chi connectivity index (χ1v) is 10.4. The number of methoxy groups -OCH3 is 1.